The summed E-state index contributed by atoms with van der Waals surface area (Å²) in [6.07, 6.45) is 1.60. The van der Waals surface area contributed by atoms with Crippen LogP contribution >= 0.6 is 11.6 Å². The predicted octanol–water partition coefficient (Wildman–Crippen LogP) is 5.23. The predicted molar refractivity (Wildman–Crippen MR) is 112 cm³/mol. The van der Waals surface area contributed by atoms with Crippen molar-refractivity contribution in [2.24, 2.45) is 0 Å². The molecule has 2 aromatic carbocycles. The molecular weight excluding hydrogens is 372 g/mol. The third-order valence-electron chi connectivity index (χ3n) is 4.88. The molecular formula is C22H19ClN4O. The van der Waals surface area contributed by atoms with E-state index in [-0.39, 0.29) is 5.91 Å². The zero-order valence-corrected chi connectivity index (χ0v) is 16.6. The Labute approximate surface area is 168 Å². The second-order valence-electron chi connectivity index (χ2n) is 6.69. The van der Waals surface area contributed by atoms with E-state index in [0.717, 1.165) is 33.7 Å². The highest BCUT2D eigenvalue weighted by Crippen LogP contribution is 2.28. The first kappa shape index (κ1) is 18.2. The summed E-state index contributed by atoms with van der Waals surface area (Å²) < 4.78 is 1.73. The quantitative estimate of drug-likeness (QED) is 0.521. The Balaban J connectivity index is 1.76. The lowest BCUT2D eigenvalue weighted by Crippen LogP contribution is -2.16. The number of rotatable bonds is 3. The molecule has 0 radical (unpaired) electrons. The average Bonchev–Trinajstić information content (AvgIpc) is 3.03. The van der Waals surface area contributed by atoms with Crippen LogP contribution < -0.4 is 5.32 Å². The maximum absolute atomic E-state index is 12.9. The molecule has 0 aliphatic heterocycles. The van der Waals surface area contributed by atoms with Crippen LogP contribution in [0, 0.1) is 20.8 Å². The number of anilines is 1. The topological polar surface area (TPSA) is 59.3 Å². The number of carbonyl (C=O) groups excluding carboxylic acids is 1. The van der Waals surface area contributed by atoms with Gasteiger partial charge in [0.2, 0.25) is 0 Å². The lowest BCUT2D eigenvalue weighted by Gasteiger charge is -2.11. The number of fused-ring (bicyclic) bond motifs is 1. The van der Waals surface area contributed by atoms with Gasteiger partial charge in [0.25, 0.3) is 5.91 Å². The van der Waals surface area contributed by atoms with Crippen molar-refractivity contribution in [3.05, 3.63) is 82.3 Å². The monoisotopic (exact) mass is 390 g/mol. The van der Waals surface area contributed by atoms with Gasteiger partial charge in [0, 0.05) is 22.5 Å². The number of halogens is 1. The number of carbonyl (C=O) groups is 1. The van der Waals surface area contributed by atoms with E-state index in [9.17, 15) is 4.79 Å². The van der Waals surface area contributed by atoms with Crippen molar-refractivity contribution < 1.29 is 4.79 Å². The van der Waals surface area contributed by atoms with Crippen molar-refractivity contribution in [1.82, 2.24) is 14.6 Å². The normalized spacial score (nSPS) is 11.0. The summed E-state index contributed by atoms with van der Waals surface area (Å²) in [5.74, 6) is -0.244. The maximum atomic E-state index is 12.9. The maximum Gasteiger partial charge on any atom is 0.259 e. The molecule has 5 nitrogen and oxygen atoms in total. The van der Waals surface area contributed by atoms with Crippen LogP contribution in [0.25, 0.3) is 16.8 Å². The Morgan fingerprint density at radius 2 is 1.79 bits per heavy atom. The minimum atomic E-state index is -0.244. The van der Waals surface area contributed by atoms with Crippen LogP contribution in [-0.2, 0) is 0 Å². The van der Waals surface area contributed by atoms with Crippen LogP contribution in [0.1, 0.15) is 27.3 Å². The first-order valence-electron chi connectivity index (χ1n) is 8.94. The molecule has 1 amide bonds. The van der Waals surface area contributed by atoms with Crippen molar-refractivity contribution >= 4 is 28.8 Å². The molecule has 0 saturated heterocycles. The molecule has 2 aromatic heterocycles. The zero-order valence-electron chi connectivity index (χ0n) is 15.8. The van der Waals surface area contributed by atoms with E-state index in [2.05, 4.69) is 15.4 Å². The Bertz CT molecular complexity index is 1200. The van der Waals surface area contributed by atoms with Gasteiger partial charge in [0.15, 0.2) is 5.65 Å². The van der Waals surface area contributed by atoms with E-state index >= 15 is 0 Å². The molecule has 0 spiro atoms. The molecule has 0 fully saturated rings. The second kappa shape index (κ2) is 7.09. The summed E-state index contributed by atoms with van der Waals surface area (Å²) in [6.45, 7) is 5.69. The minimum absolute atomic E-state index is 0.244. The highest BCUT2D eigenvalue weighted by molar-refractivity contribution is 6.31. The standard InChI is InChI=1S/C22H19ClN4O/c1-13-18(23)10-7-11-19(13)25-22(28)17-12-24-21-20(16-8-5-4-6-9-16)14(2)26-27(21)15(17)3/h4-12H,1-3H3,(H,25,28). The number of aromatic nitrogens is 3. The average molecular weight is 391 g/mol. The Kier molecular flexibility index (Phi) is 4.61. The molecule has 0 atom stereocenters. The summed E-state index contributed by atoms with van der Waals surface area (Å²) in [7, 11) is 0. The van der Waals surface area contributed by atoms with Gasteiger partial charge < -0.3 is 5.32 Å². The van der Waals surface area contributed by atoms with Crippen LogP contribution in [0.4, 0.5) is 5.69 Å². The van der Waals surface area contributed by atoms with Gasteiger partial charge in [-0.1, -0.05) is 48.0 Å². The van der Waals surface area contributed by atoms with Crippen LogP contribution in [0.15, 0.2) is 54.7 Å². The van der Waals surface area contributed by atoms with Crippen molar-refractivity contribution in [2.75, 3.05) is 5.32 Å². The van der Waals surface area contributed by atoms with Gasteiger partial charge in [-0.2, -0.15) is 5.10 Å². The minimum Gasteiger partial charge on any atom is -0.322 e. The Hall–Kier alpha value is -3.18. The number of amides is 1. The van der Waals surface area contributed by atoms with E-state index in [1.54, 1.807) is 16.8 Å². The van der Waals surface area contributed by atoms with Crippen molar-refractivity contribution in [2.45, 2.75) is 20.8 Å². The number of hydrogen-bond acceptors (Lipinski definition) is 3. The molecule has 4 aromatic rings. The van der Waals surface area contributed by atoms with Gasteiger partial charge in [-0.25, -0.2) is 9.50 Å². The summed E-state index contributed by atoms with van der Waals surface area (Å²) in [5.41, 5.74) is 6.32. The molecule has 0 saturated carbocycles. The molecule has 0 bridgehead atoms. The van der Waals surface area contributed by atoms with Gasteiger partial charge in [-0.05, 0) is 44.0 Å². The van der Waals surface area contributed by atoms with Gasteiger partial charge in [-0.15, -0.1) is 0 Å². The number of benzene rings is 2. The fraction of sp³-hybridized carbons (Fsp3) is 0.136. The Morgan fingerprint density at radius 1 is 1.04 bits per heavy atom. The first-order chi connectivity index (χ1) is 13.5. The Morgan fingerprint density at radius 3 is 2.54 bits per heavy atom. The first-order valence-corrected chi connectivity index (χ1v) is 9.32. The number of hydrogen-bond donors (Lipinski definition) is 1. The molecule has 0 aliphatic carbocycles. The third kappa shape index (κ3) is 3.04. The molecule has 0 aliphatic rings. The largest absolute Gasteiger partial charge is 0.322 e. The highest BCUT2D eigenvalue weighted by Gasteiger charge is 2.19. The molecule has 0 unspecified atom stereocenters. The molecule has 140 valence electrons. The second-order valence-corrected chi connectivity index (χ2v) is 7.09. The number of aryl methyl sites for hydroxylation is 2. The number of nitrogens with one attached hydrogen (secondary N) is 1. The molecule has 6 heteroatoms. The smallest absolute Gasteiger partial charge is 0.259 e. The van der Waals surface area contributed by atoms with Gasteiger partial charge in [0.1, 0.15) is 0 Å². The van der Waals surface area contributed by atoms with Crippen LogP contribution in [-0.4, -0.2) is 20.5 Å². The SMILES string of the molecule is Cc1nn2c(C)c(C(=O)Nc3cccc(Cl)c3C)cnc2c1-c1ccccc1. The van der Waals surface area contributed by atoms with Crippen molar-refractivity contribution in [1.29, 1.82) is 0 Å². The van der Waals surface area contributed by atoms with E-state index in [1.165, 1.54) is 0 Å². The molecule has 1 N–H and O–H groups in total. The lowest BCUT2D eigenvalue weighted by molar-refractivity contribution is 0.102. The molecule has 2 heterocycles. The third-order valence-corrected chi connectivity index (χ3v) is 5.29. The zero-order chi connectivity index (χ0) is 19.8. The fourth-order valence-corrected chi connectivity index (χ4v) is 3.47. The summed E-state index contributed by atoms with van der Waals surface area (Å²) >= 11 is 6.15. The van der Waals surface area contributed by atoms with E-state index < -0.39 is 0 Å². The van der Waals surface area contributed by atoms with Gasteiger partial charge in [0.05, 0.1) is 17.0 Å². The van der Waals surface area contributed by atoms with Crippen molar-refractivity contribution in [3.63, 3.8) is 0 Å². The van der Waals surface area contributed by atoms with Crippen molar-refractivity contribution in [3.8, 4) is 11.1 Å². The van der Waals surface area contributed by atoms with E-state index in [1.807, 2.05) is 63.2 Å². The number of nitrogens with zero attached hydrogens (tertiary/aromatic N) is 3. The van der Waals surface area contributed by atoms with Crippen LogP contribution in [0.2, 0.25) is 5.02 Å². The van der Waals surface area contributed by atoms with Crippen LogP contribution in [0.5, 0.6) is 0 Å². The van der Waals surface area contributed by atoms with Gasteiger partial charge in [-0.3, -0.25) is 4.79 Å². The van der Waals surface area contributed by atoms with Crippen LogP contribution in [0.3, 0.4) is 0 Å². The fourth-order valence-electron chi connectivity index (χ4n) is 3.30. The lowest BCUT2D eigenvalue weighted by atomic mass is 10.1. The summed E-state index contributed by atoms with van der Waals surface area (Å²) in [6, 6.07) is 15.4. The highest BCUT2D eigenvalue weighted by atomic mass is 35.5. The molecule has 4 rings (SSSR count). The van der Waals surface area contributed by atoms with E-state index in [0.29, 0.717) is 16.3 Å². The summed E-state index contributed by atoms with van der Waals surface area (Å²) in [5, 5.41) is 8.15. The molecule has 28 heavy (non-hydrogen) atoms. The summed E-state index contributed by atoms with van der Waals surface area (Å²) in [4.78, 5) is 17.4. The van der Waals surface area contributed by atoms with Gasteiger partial charge >= 0.3 is 0 Å². The van der Waals surface area contributed by atoms with E-state index in [4.69, 9.17) is 11.6 Å².